The van der Waals surface area contributed by atoms with Crippen LogP contribution in [0.1, 0.15) is 58.3 Å². The highest BCUT2D eigenvalue weighted by molar-refractivity contribution is 7.91. The number of rotatable bonds is 6. The van der Waals surface area contributed by atoms with Gasteiger partial charge in [-0.3, -0.25) is 0 Å². The molecule has 1 unspecified atom stereocenters. The van der Waals surface area contributed by atoms with Crippen LogP contribution in [0.4, 0.5) is 0 Å². The molecule has 5 heteroatoms. The van der Waals surface area contributed by atoms with Crippen LogP contribution in [0.3, 0.4) is 0 Å². The van der Waals surface area contributed by atoms with E-state index in [1.807, 2.05) is 0 Å². The predicted octanol–water partition coefficient (Wildman–Crippen LogP) is 1.65. The minimum Gasteiger partial charge on any atom is -0.390 e. The summed E-state index contributed by atoms with van der Waals surface area (Å²) in [6.45, 7) is 1.63. The molecule has 0 aromatic carbocycles. The van der Waals surface area contributed by atoms with E-state index in [2.05, 4.69) is 0 Å². The molecule has 1 atom stereocenters. The average Bonchev–Trinajstić information content (AvgIpc) is 2.55. The number of hydrogen-bond acceptors (Lipinski definition) is 4. The summed E-state index contributed by atoms with van der Waals surface area (Å²) in [5, 5.41) is 20.5. The smallest absolute Gasteiger partial charge is 0.150 e. The van der Waals surface area contributed by atoms with Crippen molar-refractivity contribution in [3.8, 4) is 0 Å². The van der Waals surface area contributed by atoms with Crippen molar-refractivity contribution in [1.29, 1.82) is 0 Å². The summed E-state index contributed by atoms with van der Waals surface area (Å²) in [6, 6.07) is 0. The van der Waals surface area contributed by atoms with Crippen molar-refractivity contribution in [2.75, 3.05) is 11.5 Å². The van der Waals surface area contributed by atoms with E-state index in [9.17, 15) is 18.6 Å². The second-order valence-corrected chi connectivity index (χ2v) is 7.88. The van der Waals surface area contributed by atoms with Gasteiger partial charge in [0.1, 0.15) is 9.84 Å². The zero-order valence-electron chi connectivity index (χ0n) is 11.3. The summed E-state index contributed by atoms with van der Waals surface area (Å²) in [7, 11) is -2.97. The number of aliphatic hydroxyl groups is 2. The van der Waals surface area contributed by atoms with Gasteiger partial charge in [0.25, 0.3) is 0 Å². The minimum absolute atomic E-state index is 0.108. The first-order valence-electron chi connectivity index (χ1n) is 7.00. The lowest BCUT2D eigenvalue weighted by Gasteiger charge is -2.32. The molecule has 2 N–H and O–H groups in total. The molecule has 1 aliphatic rings. The zero-order valence-corrected chi connectivity index (χ0v) is 12.1. The van der Waals surface area contributed by atoms with Gasteiger partial charge in [0.05, 0.1) is 17.5 Å². The summed E-state index contributed by atoms with van der Waals surface area (Å²) in [5.41, 5.74) is -0.994. The Morgan fingerprint density at radius 1 is 1.17 bits per heavy atom. The average molecular weight is 278 g/mol. The third kappa shape index (κ3) is 4.86. The molecule has 1 aliphatic carbocycles. The lowest BCUT2D eigenvalue weighted by Crippen LogP contribution is -2.42. The molecule has 108 valence electrons. The van der Waals surface area contributed by atoms with Crippen LogP contribution in [-0.4, -0.2) is 41.8 Å². The van der Waals surface area contributed by atoms with Crippen molar-refractivity contribution in [3.05, 3.63) is 0 Å². The van der Waals surface area contributed by atoms with E-state index in [4.69, 9.17) is 0 Å². The van der Waals surface area contributed by atoms with Gasteiger partial charge in [-0.15, -0.1) is 0 Å². The van der Waals surface area contributed by atoms with Crippen molar-refractivity contribution in [3.63, 3.8) is 0 Å². The van der Waals surface area contributed by atoms with Crippen LogP contribution >= 0.6 is 0 Å². The summed E-state index contributed by atoms with van der Waals surface area (Å²) in [5.74, 6) is 0.254. The van der Waals surface area contributed by atoms with E-state index in [0.29, 0.717) is 25.7 Å². The van der Waals surface area contributed by atoms with Crippen LogP contribution in [0.2, 0.25) is 0 Å². The van der Waals surface area contributed by atoms with Gasteiger partial charge in [-0.2, -0.15) is 0 Å². The van der Waals surface area contributed by atoms with E-state index in [1.165, 1.54) is 0 Å². The standard InChI is InChI=1S/C13H26O4S/c1-2-18(16,17)11-7-8-12(14)13(15)9-5-3-4-6-10-13/h12,14-15H,2-11H2,1H3. The van der Waals surface area contributed by atoms with Gasteiger partial charge < -0.3 is 10.2 Å². The molecule has 18 heavy (non-hydrogen) atoms. The van der Waals surface area contributed by atoms with Gasteiger partial charge in [-0.1, -0.05) is 32.6 Å². The second-order valence-electron chi connectivity index (χ2n) is 5.41. The molecular weight excluding hydrogens is 252 g/mol. The van der Waals surface area contributed by atoms with Gasteiger partial charge in [0.2, 0.25) is 0 Å². The van der Waals surface area contributed by atoms with Crippen molar-refractivity contribution in [2.24, 2.45) is 0 Å². The molecule has 0 aromatic heterocycles. The van der Waals surface area contributed by atoms with Crippen molar-refractivity contribution < 1.29 is 18.6 Å². The van der Waals surface area contributed by atoms with Gasteiger partial charge in [-0.25, -0.2) is 8.42 Å². The molecule has 0 bridgehead atoms. The molecule has 0 amide bonds. The van der Waals surface area contributed by atoms with Gasteiger partial charge >= 0.3 is 0 Å². The lowest BCUT2D eigenvalue weighted by atomic mass is 9.86. The third-order valence-corrected chi connectivity index (χ3v) is 5.75. The zero-order chi connectivity index (χ0) is 13.6. The first-order valence-corrected chi connectivity index (χ1v) is 8.82. The molecular formula is C13H26O4S. The highest BCUT2D eigenvalue weighted by Gasteiger charge is 2.35. The van der Waals surface area contributed by atoms with Crippen LogP contribution in [-0.2, 0) is 9.84 Å². The molecule has 0 radical (unpaired) electrons. The number of hydrogen-bond donors (Lipinski definition) is 2. The maximum absolute atomic E-state index is 11.3. The summed E-state index contributed by atoms with van der Waals surface area (Å²) in [6.07, 6.45) is 5.39. The first kappa shape index (κ1) is 15.9. The molecule has 0 aliphatic heterocycles. The Labute approximate surface area is 110 Å². The SMILES string of the molecule is CCS(=O)(=O)CCCC(O)C1(O)CCCCCC1. The van der Waals surface area contributed by atoms with Crippen LogP contribution < -0.4 is 0 Å². The monoisotopic (exact) mass is 278 g/mol. The summed E-state index contributed by atoms with van der Waals surface area (Å²) in [4.78, 5) is 0. The van der Waals surface area contributed by atoms with E-state index in [0.717, 1.165) is 25.7 Å². The van der Waals surface area contributed by atoms with Crippen LogP contribution in [0.15, 0.2) is 0 Å². The van der Waals surface area contributed by atoms with Gasteiger partial charge in [0, 0.05) is 5.75 Å². The quantitative estimate of drug-likeness (QED) is 0.724. The van der Waals surface area contributed by atoms with Crippen LogP contribution in [0.5, 0.6) is 0 Å². The maximum Gasteiger partial charge on any atom is 0.150 e. The molecule has 1 saturated carbocycles. The van der Waals surface area contributed by atoms with Crippen molar-refractivity contribution >= 4 is 9.84 Å². The Morgan fingerprint density at radius 3 is 2.22 bits per heavy atom. The Morgan fingerprint density at radius 2 is 1.72 bits per heavy atom. The van der Waals surface area contributed by atoms with Gasteiger partial charge in [0.15, 0.2) is 0 Å². The predicted molar refractivity (Wildman–Crippen MR) is 72.2 cm³/mol. The normalized spacial score (nSPS) is 22.4. The summed E-state index contributed by atoms with van der Waals surface area (Å²) >= 11 is 0. The van der Waals surface area contributed by atoms with Gasteiger partial charge in [-0.05, 0) is 25.7 Å². The molecule has 0 saturated heterocycles. The van der Waals surface area contributed by atoms with Crippen LogP contribution in [0, 0.1) is 0 Å². The topological polar surface area (TPSA) is 74.6 Å². The molecule has 0 heterocycles. The molecule has 0 aromatic rings. The van der Waals surface area contributed by atoms with E-state index in [1.54, 1.807) is 6.92 Å². The Balaban J connectivity index is 2.41. The Hall–Kier alpha value is -0.130. The molecule has 1 rings (SSSR count). The highest BCUT2D eigenvalue weighted by Crippen LogP contribution is 2.31. The fourth-order valence-corrected chi connectivity index (χ4v) is 3.48. The van der Waals surface area contributed by atoms with Crippen molar-refractivity contribution in [1.82, 2.24) is 0 Å². The van der Waals surface area contributed by atoms with Crippen LogP contribution in [0.25, 0.3) is 0 Å². The summed E-state index contributed by atoms with van der Waals surface area (Å²) < 4.78 is 22.7. The second kappa shape index (κ2) is 6.87. The molecule has 4 nitrogen and oxygen atoms in total. The Bertz CT molecular complexity index is 329. The largest absolute Gasteiger partial charge is 0.390 e. The minimum atomic E-state index is -2.97. The van der Waals surface area contributed by atoms with E-state index >= 15 is 0 Å². The number of sulfone groups is 1. The lowest BCUT2D eigenvalue weighted by molar-refractivity contribution is -0.0873. The van der Waals surface area contributed by atoms with E-state index < -0.39 is 21.5 Å². The fourth-order valence-electron chi connectivity index (χ4n) is 2.58. The highest BCUT2D eigenvalue weighted by atomic mass is 32.2. The molecule has 0 spiro atoms. The van der Waals surface area contributed by atoms with Crippen molar-refractivity contribution in [2.45, 2.75) is 70.0 Å². The Kier molecular flexibility index (Phi) is 6.08. The third-order valence-electron chi connectivity index (χ3n) is 3.96. The van der Waals surface area contributed by atoms with E-state index in [-0.39, 0.29) is 11.5 Å². The molecule has 1 fully saturated rings. The first-order chi connectivity index (χ1) is 8.40. The maximum atomic E-state index is 11.3. The fraction of sp³-hybridized carbons (Fsp3) is 1.00. The number of aliphatic hydroxyl groups excluding tert-OH is 1.